The van der Waals surface area contributed by atoms with Crippen LogP contribution in [0.3, 0.4) is 0 Å². The van der Waals surface area contributed by atoms with Crippen molar-refractivity contribution < 1.29 is 0 Å². The Morgan fingerprint density at radius 1 is 1.37 bits per heavy atom. The average Bonchev–Trinajstić information content (AvgIpc) is 2.91. The van der Waals surface area contributed by atoms with Crippen LogP contribution in [0.5, 0.6) is 0 Å². The lowest BCUT2D eigenvalue weighted by atomic mass is 10.4. The third kappa shape index (κ3) is 2.39. The molecule has 0 bridgehead atoms. The van der Waals surface area contributed by atoms with Gasteiger partial charge in [-0.05, 0) is 6.92 Å². The lowest BCUT2D eigenvalue weighted by Gasteiger charge is -2.03. The van der Waals surface area contributed by atoms with Gasteiger partial charge in [-0.25, -0.2) is 14.5 Å². The van der Waals surface area contributed by atoms with Crippen molar-refractivity contribution in [3.05, 3.63) is 28.1 Å². The molecule has 0 aliphatic heterocycles. The Morgan fingerprint density at radius 2 is 2.21 bits per heavy atom. The molecule has 0 saturated carbocycles. The van der Waals surface area contributed by atoms with E-state index in [1.54, 1.807) is 21.9 Å². The molecule has 19 heavy (non-hydrogen) atoms. The monoisotopic (exact) mass is 294 g/mol. The molecule has 98 valence electrons. The van der Waals surface area contributed by atoms with Gasteiger partial charge in [-0.2, -0.15) is 4.98 Å². The van der Waals surface area contributed by atoms with Crippen LogP contribution in [0.25, 0.3) is 4.96 Å². The number of aryl methyl sites for hydroxylation is 2. The van der Waals surface area contributed by atoms with Crippen LogP contribution < -0.4 is 5.32 Å². The largest absolute Gasteiger partial charge is 0.307 e. The van der Waals surface area contributed by atoms with Crippen molar-refractivity contribution in [3.63, 3.8) is 0 Å². The van der Waals surface area contributed by atoms with Gasteiger partial charge in [-0.15, -0.1) is 16.4 Å². The zero-order valence-corrected chi connectivity index (χ0v) is 12.0. The SMILES string of the molecule is CCc1nc(Cl)cc(Nc2nc3scc(C)n3n2)n1. The van der Waals surface area contributed by atoms with Gasteiger partial charge < -0.3 is 5.32 Å². The molecule has 0 aromatic carbocycles. The van der Waals surface area contributed by atoms with Crippen molar-refractivity contribution in [3.8, 4) is 0 Å². The van der Waals surface area contributed by atoms with Gasteiger partial charge in [-0.3, -0.25) is 0 Å². The molecule has 0 saturated heterocycles. The van der Waals surface area contributed by atoms with E-state index in [-0.39, 0.29) is 0 Å². The molecule has 0 unspecified atom stereocenters. The number of anilines is 2. The van der Waals surface area contributed by atoms with E-state index in [0.717, 1.165) is 17.1 Å². The van der Waals surface area contributed by atoms with E-state index >= 15 is 0 Å². The third-order valence-corrected chi connectivity index (χ3v) is 3.67. The number of rotatable bonds is 3. The second kappa shape index (κ2) is 4.75. The maximum atomic E-state index is 5.94. The first-order valence-corrected chi connectivity index (χ1v) is 7.03. The van der Waals surface area contributed by atoms with Crippen molar-refractivity contribution in [2.75, 3.05) is 5.32 Å². The first kappa shape index (κ1) is 12.3. The quantitative estimate of drug-likeness (QED) is 0.752. The van der Waals surface area contributed by atoms with Crippen molar-refractivity contribution in [1.29, 1.82) is 0 Å². The maximum absolute atomic E-state index is 5.94. The van der Waals surface area contributed by atoms with Gasteiger partial charge in [-0.1, -0.05) is 18.5 Å². The second-order valence-electron chi connectivity index (χ2n) is 3.98. The standard InChI is InChI=1S/C11H11ClN6S/c1-3-8-13-7(12)4-9(14-8)15-10-16-11-18(17-10)6(2)5-19-11/h4-5H,3H2,1-2H3,(H,13,14,15,17). The second-order valence-corrected chi connectivity index (χ2v) is 5.20. The van der Waals surface area contributed by atoms with E-state index in [1.807, 2.05) is 19.2 Å². The Morgan fingerprint density at radius 3 is 2.95 bits per heavy atom. The van der Waals surface area contributed by atoms with Gasteiger partial charge in [0.05, 0.1) is 5.69 Å². The Bertz CT molecular complexity index is 734. The van der Waals surface area contributed by atoms with Crippen LogP contribution in [0, 0.1) is 6.92 Å². The summed E-state index contributed by atoms with van der Waals surface area (Å²) in [7, 11) is 0. The van der Waals surface area contributed by atoms with Gasteiger partial charge in [0.1, 0.15) is 16.8 Å². The molecule has 0 aliphatic carbocycles. The molecule has 3 heterocycles. The predicted octanol–water partition coefficient (Wildman–Crippen LogP) is 2.85. The highest BCUT2D eigenvalue weighted by Gasteiger charge is 2.09. The molecule has 0 spiro atoms. The van der Waals surface area contributed by atoms with Gasteiger partial charge in [0.2, 0.25) is 10.9 Å². The van der Waals surface area contributed by atoms with E-state index < -0.39 is 0 Å². The van der Waals surface area contributed by atoms with E-state index in [9.17, 15) is 0 Å². The molecule has 0 atom stereocenters. The smallest absolute Gasteiger partial charge is 0.249 e. The van der Waals surface area contributed by atoms with Crippen LogP contribution in [0.2, 0.25) is 5.15 Å². The third-order valence-electron chi connectivity index (χ3n) is 2.54. The van der Waals surface area contributed by atoms with Crippen molar-refractivity contribution in [2.24, 2.45) is 0 Å². The van der Waals surface area contributed by atoms with Crippen LogP contribution in [0.15, 0.2) is 11.4 Å². The number of hydrogen-bond acceptors (Lipinski definition) is 6. The predicted molar refractivity (Wildman–Crippen MR) is 75.3 cm³/mol. The highest BCUT2D eigenvalue weighted by atomic mass is 35.5. The van der Waals surface area contributed by atoms with Crippen molar-refractivity contribution in [1.82, 2.24) is 24.6 Å². The molecule has 6 nitrogen and oxygen atoms in total. The summed E-state index contributed by atoms with van der Waals surface area (Å²) in [6.07, 6.45) is 0.722. The Labute approximate surface area is 118 Å². The summed E-state index contributed by atoms with van der Waals surface area (Å²) in [6.45, 7) is 3.96. The maximum Gasteiger partial charge on any atom is 0.249 e. The summed E-state index contributed by atoms with van der Waals surface area (Å²) in [5.74, 6) is 1.80. The summed E-state index contributed by atoms with van der Waals surface area (Å²) < 4.78 is 1.79. The normalized spacial score (nSPS) is 11.1. The van der Waals surface area contributed by atoms with Crippen molar-refractivity contribution in [2.45, 2.75) is 20.3 Å². The van der Waals surface area contributed by atoms with E-state index in [4.69, 9.17) is 11.6 Å². The zero-order valence-electron chi connectivity index (χ0n) is 10.4. The van der Waals surface area contributed by atoms with Gasteiger partial charge in [0.15, 0.2) is 0 Å². The van der Waals surface area contributed by atoms with Crippen molar-refractivity contribution >= 4 is 39.7 Å². The van der Waals surface area contributed by atoms with Crippen LogP contribution in [-0.4, -0.2) is 24.6 Å². The van der Waals surface area contributed by atoms with Crippen LogP contribution >= 0.6 is 22.9 Å². The molecule has 0 fully saturated rings. The first-order valence-electron chi connectivity index (χ1n) is 5.77. The van der Waals surface area contributed by atoms with E-state index in [1.165, 1.54) is 0 Å². The number of aromatic nitrogens is 5. The summed E-state index contributed by atoms with van der Waals surface area (Å²) in [5.41, 5.74) is 1.05. The minimum absolute atomic E-state index is 0.409. The average molecular weight is 295 g/mol. The number of hydrogen-bond donors (Lipinski definition) is 1. The Hall–Kier alpha value is -1.73. The molecule has 0 amide bonds. The highest BCUT2D eigenvalue weighted by molar-refractivity contribution is 7.15. The molecule has 3 aromatic heterocycles. The first-order chi connectivity index (χ1) is 9.15. The number of halogens is 1. The number of fused-ring (bicyclic) bond motifs is 1. The van der Waals surface area contributed by atoms with Gasteiger partial charge >= 0.3 is 0 Å². The molecule has 8 heteroatoms. The van der Waals surface area contributed by atoms with E-state index in [2.05, 4.69) is 25.4 Å². The summed E-state index contributed by atoms with van der Waals surface area (Å²) in [4.78, 5) is 13.7. The summed E-state index contributed by atoms with van der Waals surface area (Å²) in [5, 5.41) is 9.82. The lowest BCUT2D eigenvalue weighted by Crippen LogP contribution is -2.01. The minimum atomic E-state index is 0.409. The fourth-order valence-corrected chi connectivity index (χ4v) is 2.65. The number of thiazole rings is 1. The molecule has 3 rings (SSSR count). The minimum Gasteiger partial charge on any atom is -0.307 e. The summed E-state index contributed by atoms with van der Waals surface area (Å²) >= 11 is 7.49. The van der Waals surface area contributed by atoms with Crippen LogP contribution in [-0.2, 0) is 6.42 Å². The van der Waals surface area contributed by atoms with Crippen LogP contribution in [0.4, 0.5) is 11.8 Å². The molecule has 1 N–H and O–H groups in total. The van der Waals surface area contributed by atoms with Gasteiger partial charge in [0, 0.05) is 17.9 Å². The zero-order chi connectivity index (χ0) is 13.4. The topological polar surface area (TPSA) is 68.0 Å². The molecular formula is C11H11ClN6S. The molecular weight excluding hydrogens is 284 g/mol. The van der Waals surface area contributed by atoms with Crippen LogP contribution in [0.1, 0.15) is 18.4 Å². The fraction of sp³-hybridized carbons (Fsp3) is 0.273. The van der Waals surface area contributed by atoms with Gasteiger partial charge in [0.25, 0.3) is 0 Å². The molecule has 0 aliphatic rings. The van der Waals surface area contributed by atoms with E-state index in [0.29, 0.717) is 22.7 Å². The Balaban J connectivity index is 1.93. The highest BCUT2D eigenvalue weighted by Crippen LogP contribution is 2.19. The Kier molecular flexibility index (Phi) is 3.08. The lowest BCUT2D eigenvalue weighted by molar-refractivity contribution is 0.925. The number of nitrogens with zero attached hydrogens (tertiary/aromatic N) is 5. The summed E-state index contributed by atoms with van der Waals surface area (Å²) in [6, 6.07) is 1.66. The molecule has 0 radical (unpaired) electrons. The number of nitrogens with one attached hydrogen (secondary N) is 1. The molecule has 3 aromatic rings. The fourth-order valence-electron chi connectivity index (χ4n) is 1.65.